The molecule has 0 aliphatic rings. The number of oxazole rings is 1. The van der Waals surface area contributed by atoms with Gasteiger partial charge in [0.2, 0.25) is 5.89 Å². The lowest BCUT2D eigenvalue weighted by atomic mass is 9.98. The van der Waals surface area contributed by atoms with E-state index in [1.165, 1.54) is 0 Å². The van der Waals surface area contributed by atoms with Crippen LogP contribution in [0.25, 0.3) is 173 Å². The Hall–Kier alpha value is -12.1. The van der Waals surface area contributed by atoms with Crippen molar-refractivity contribution in [2.75, 3.05) is 0 Å². The van der Waals surface area contributed by atoms with E-state index < -0.39 is 0 Å². The Kier molecular flexibility index (Phi) is 12.0. The van der Waals surface area contributed by atoms with Crippen LogP contribution in [-0.4, -0.2) is 39.5 Å². The highest BCUT2D eigenvalue weighted by molar-refractivity contribution is 6.20. The van der Waals surface area contributed by atoms with Crippen molar-refractivity contribution in [1.82, 2.24) is 39.5 Å². The average Bonchev–Trinajstić information content (AvgIpc) is 1.70. The zero-order chi connectivity index (χ0) is 58.1. The van der Waals surface area contributed by atoms with Crippen LogP contribution < -0.4 is 0 Å². The molecule has 0 unspecified atom stereocenters. The normalized spacial score (nSPS) is 11.6. The number of aromatic nitrogens is 8. The van der Waals surface area contributed by atoms with Crippen molar-refractivity contribution in [3.8, 4) is 108 Å². The van der Waals surface area contributed by atoms with Crippen molar-refractivity contribution in [1.29, 1.82) is 0 Å². The van der Waals surface area contributed by atoms with Gasteiger partial charge in [0.05, 0.1) is 22.4 Å². The van der Waals surface area contributed by atoms with Gasteiger partial charge in [-0.15, -0.1) is 0 Å². The standard InChI is InChI=1S/C79H48N8O/c1-6-17-50(18-7-1)66-48-67(81-76(80-66)61-35-42-65-59(46-61)32-30-52-38-44-69-73(71(52)65)83-79(88-69)56-25-14-5-15-26-56)60-28-16-27-57(45-60)49-33-39-63(40-34-49)87-68-43-37-51-29-31-58-47-62(36-41-64(58)70(51)72(68)82-78(87)55-23-12-4-13-24-55)77-85-74(53-19-8-2-9-20-53)84-75(86-77)54-21-10-3-11-22-54/h1-48H. The summed E-state index contributed by atoms with van der Waals surface area (Å²) in [5.41, 5.74) is 16.0. The average molecular weight is 1130 g/mol. The number of imidazole rings is 1. The van der Waals surface area contributed by atoms with Crippen molar-refractivity contribution >= 4 is 65.2 Å². The first kappa shape index (κ1) is 50.4. The minimum atomic E-state index is 0.603. The number of nitrogens with zero attached hydrogens (tertiary/aromatic N) is 8. The molecule has 0 fully saturated rings. The maximum atomic E-state index is 6.32. The molecule has 0 aliphatic carbocycles. The van der Waals surface area contributed by atoms with Crippen LogP contribution in [0.15, 0.2) is 296 Å². The Balaban J connectivity index is 0.735. The predicted molar refractivity (Wildman–Crippen MR) is 357 cm³/mol. The molecule has 4 heterocycles. The molecule has 0 N–H and O–H groups in total. The second-order valence-electron chi connectivity index (χ2n) is 22.1. The summed E-state index contributed by atoms with van der Waals surface area (Å²) in [6.07, 6.45) is 0. The Morgan fingerprint density at radius 1 is 0.261 bits per heavy atom. The lowest BCUT2D eigenvalue weighted by molar-refractivity contribution is 0.620. The lowest BCUT2D eigenvalue weighted by Crippen LogP contribution is -2.00. The van der Waals surface area contributed by atoms with Crippen LogP contribution in [0.2, 0.25) is 0 Å². The molecule has 0 saturated carbocycles. The third-order valence-corrected chi connectivity index (χ3v) is 16.7. The molecule has 9 heteroatoms. The zero-order valence-corrected chi connectivity index (χ0v) is 47.2. The summed E-state index contributed by atoms with van der Waals surface area (Å²) in [7, 11) is 0. The number of hydrogen-bond donors (Lipinski definition) is 0. The zero-order valence-electron chi connectivity index (χ0n) is 47.2. The topological polar surface area (TPSA) is 108 Å². The summed E-state index contributed by atoms with van der Waals surface area (Å²) < 4.78 is 8.61. The van der Waals surface area contributed by atoms with Crippen LogP contribution in [0.3, 0.4) is 0 Å². The van der Waals surface area contributed by atoms with E-state index in [1.807, 2.05) is 121 Å². The minimum absolute atomic E-state index is 0.603. The number of hydrogen-bond acceptors (Lipinski definition) is 8. The van der Waals surface area contributed by atoms with Crippen molar-refractivity contribution in [3.63, 3.8) is 0 Å². The summed E-state index contributed by atoms with van der Waals surface area (Å²) in [4.78, 5) is 36.2. The molecule has 0 radical (unpaired) electrons. The molecule has 88 heavy (non-hydrogen) atoms. The highest BCUT2D eigenvalue weighted by Crippen LogP contribution is 2.41. The molecule has 17 aromatic rings. The molecule has 9 nitrogen and oxygen atoms in total. The molecule has 13 aromatic carbocycles. The van der Waals surface area contributed by atoms with Crippen molar-refractivity contribution in [3.05, 3.63) is 291 Å². The summed E-state index contributed by atoms with van der Waals surface area (Å²) in [5.74, 6) is 3.96. The molecule has 17 rings (SSSR count). The van der Waals surface area contributed by atoms with E-state index in [9.17, 15) is 0 Å². The van der Waals surface area contributed by atoms with Gasteiger partial charge >= 0.3 is 0 Å². The Morgan fingerprint density at radius 3 is 1.32 bits per heavy atom. The third kappa shape index (κ3) is 8.92. The fraction of sp³-hybridized carbons (Fsp3) is 0. The SMILES string of the molecule is c1ccc(-c2cc(-c3cccc(-c4ccc(-n5c(-c6ccccc6)nc6c7c(ccc8cc(-c9nc(-c%10ccccc%10)nc(-c%10ccccc%10)n9)ccc87)ccc65)cc4)c3)nc(-c3ccc4c(ccc5ccc6oc(-c7ccccc7)nc6c54)c3)n2)cc1. The molecule has 410 valence electrons. The van der Waals surface area contributed by atoms with E-state index in [0.29, 0.717) is 29.2 Å². The van der Waals surface area contributed by atoms with E-state index in [2.05, 4.69) is 174 Å². The second kappa shape index (κ2) is 20.9. The fourth-order valence-corrected chi connectivity index (χ4v) is 12.3. The first-order valence-corrected chi connectivity index (χ1v) is 29.4. The van der Waals surface area contributed by atoms with Crippen LogP contribution in [0.5, 0.6) is 0 Å². The van der Waals surface area contributed by atoms with E-state index in [0.717, 1.165) is 144 Å². The van der Waals surface area contributed by atoms with E-state index in [-0.39, 0.29) is 0 Å². The maximum Gasteiger partial charge on any atom is 0.227 e. The van der Waals surface area contributed by atoms with Crippen LogP contribution in [0.1, 0.15) is 0 Å². The van der Waals surface area contributed by atoms with Crippen LogP contribution in [0, 0.1) is 0 Å². The van der Waals surface area contributed by atoms with E-state index in [4.69, 9.17) is 39.3 Å². The van der Waals surface area contributed by atoms with Gasteiger partial charge in [0.1, 0.15) is 11.3 Å². The molecule has 0 amide bonds. The number of fused-ring (bicyclic) bond motifs is 10. The molecular formula is C79H48N8O. The molecule has 0 atom stereocenters. The monoisotopic (exact) mass is 1120 g/mol. The molecule has 0 spiro atoms. The van der Waals surface area contributed by atoms with Crippen molar-refractivity contribution in [2.45, 2.75) is 0 Å². The highest BCUT2D eigenvalue weighted by atomic mass is 16.3. The van der Waals surface area contributed by atoms with Crippen LogP contribution in [0.4, 0.5) is 0 Å². The van der Waals surface area contributed by atoms with Gasteiger partial charge in [-0.05, 0) is 104 Å². The number of rotatable bonds is 10. The summed E-state index contributed by atoms with van der Waals surface area (Å²) in [5, 5.41) is 8.65. The fourth-order valence-electron chi connectivity index (χ4n) is 12.3. The smallest absolute Gasteiger partial charge is 0.227 e. The van der Waals surface area contributed by atoms with Crippen LogP contribution in [-0.2, 0) is 0 Å². The lowest BCUT2D eigenvalue weighted by Gasteiger charge is -2.13. The van der Waals surface area contributed by atoms with Gasteiger partial charge in [-0.3, -0.25) is 4.57 Å². The van der Waals surface area contributed by atoms with Gasteiger partial charge in [-0.1, -0.05) is 231 Å². The van der Waals surface area contributed by atoms with Gasteiger partial charge in [0, 0.05) is 61.0 Å². The predicted octanol–water partition coefficient (Wildman–Crippen LogP) is 19.8. The molecule has 4 aromatic heterocycles. The van der Waals surface area contributed by atoms with E-state index in [1.54, 1.807) is 0 Å². The van der Waals surface area contributed by atoms with Gasteiger partial charge in [-0.2, -0.15) is 0 Å². The Bertz CT molecular complexity index is 5480. The quantitative estimate of drug-likeness (QED) is 0.125. The van der Waals surface area contributed by atoms with Crippen molar-refractivity contribution < 1.29 is 4.42 Å². The highest BCUT2D eigenvalue weighted by Gasteiger charge is 2.21. The summed E-state index contributed by atoms with van der Waals surface area (Å²) >= 11 is 0. The maximum absolute atomic E-state index is 6.32. The largest absolute Gasteiger partial charge is 0.436 e. The second-order valence-corrected chi connectivity index (χ2v) is 22.1. The molecule has 0 bridgehead atoms. The van der Waals surface area contributed by atoms with Gasteiger partial charge in [0.15, 0.2) is 28.9 Å². The molecule has 0 aliphatic heterocycles. The van der Waals surface area contributed by atoms with Gasteiger partial charge in [-0.25, -0.2) is 34.9 Å². The van der Waals surface area contributed by atoms with E-state index >= 15 is 0 Å². The third-order valence-electron chi connectivity index (χ3n) is 16.7. The first-order valence-electron chi connectivity index (χ1n) is 29.4. The Labute approximate surface area is 505 Å². The van der Waals surface area contributed by atoms with Crippen molar-refractivity contribution in [2.24, 2.45) is 0 Å². The number of benzene rings is 13. The first-order chi connectivity index (χ1) is 43.6. The minimum Gasteiger partial charge on any atom is -0.436 e. The molecule has 0 saturated heterocycles. The van der Waals surface area contributed by atoms with Crippen LogP contribution >= 0.6 is 0 Å². The Morgan fingerprint density at radius 2 is 0.716 bits per heavy atom. The molecular weight excluding hydrogens is 1080 g/mol. The summed E-state index contributed by atoms with van der Waals surface area (Å²) in [6, 6.07) is 101. The summed E-state index contributed by atoms with van der Waals surface area (Å²) in [6.45, 7) is 0. The van der Waals surface area contributed by atoms with Gasteiger partial charge < -0.3 is 4.42 Å². The van der Waals surface area contributed by atoms with Gasteiger partial charge in [0.25, 0.3) is 0 Å².